The van der Waals surface area contributed by atoms with E-state index in [1.807, 2.05) is 20.0 Å². The van der Waals surface area contributed by atoms with Crippen molar-refractivity contribution in [3.05, 3.63) is 29.7 Å². The summed E-state index contributed by atoms with van der Waals surface area (Å²) in [5, 5.41) is 3.25. The fourth-order valence-corrected chi connectivity index (χ4v) is 2.25. The van der Waals surface area contributed by atoms with Gasteiger partial charge in [0, 0.05) is 13.5 Å². The number of hydrogen-bond donors (Lipinski definition) is 1. The van der Waals surface area contributed by atoms with Crippen molar-refractivity contribution in [2.24, 2.45) is 5.92 Å². The number of nitrogens with one attached hydrogen (secondary N) is 1. The summed E-state index contributed by atoms with van der Waals surface area (Å²) < 4.78 is 5.59. The van der Waals surface area contributed by atoms with Crippen LogP contribution in [-0.2, 0) is 0 Å². The first-order valence-corrected chi connectivity index (χ1v) is 6.13. The third kappa shape index (κ3) is 2.50. The molecule has 1 aromatic heterocycles. The monoisotopic (exact) mass is 232 g/mol. The van der Waals surface area contributed by atoms with Crippen LogP contribution in [0.2, 0.25) is 0 Å². The minimum absolute atomic E-state index is 0.509. The molecular formula is C14H20N2O. The Bertz CT molecular complexity index is 502. The number of aromatic nitrogens is 1. The Labute approximate surface area is 102 Å². The van der Waals surface area contributed by atoms with Crippen LogP contribution < -0.4 is 5.32 Å². The standard InChI is InChI=1S/C14H20N2O/c1-9(2)12(8-15-4)11-5-6-13-14(7-11)17-10(3)16-13/h5-7,9,12,15H,8H2,1-4H3. The molecule has 1 N–H and O–H groups in total. The Balaban J connectivity index is 2.39. The van der Waals surface area contributed by atoms with Crippen molar-refractivity contribution in [3.8, 4) is 0 Å². The van der Waals surface area contributed by atoms with Crippen LogP contribution in [0, 0.1) is 12.8 Å². The molecule has 0 amide bonds. The predicted octanol–water partition coefficient (Wildman–Crippen LogP) is 3.10. The zero-order valence-electron chi connectivity index (χ0n) is 10.9. The number of likely N-dealkylation sites (N-methyl/N-ethyl adjacent to an activating group) is 1. The lowest BCUT2D eigenvalue weighted by Gasteiger charge is -2.20. The average molecular weight is 232 g/mol. The smallest absolute Gasteiger partial charge is 0.192 e. The largest absolute Gasteiger partial charge is 0.441 e. The zero-order chi connectivity index (χ0) is 12.4. The number of aryl methyl sites for hydroxylation is 1. The molecule has 0 bridgehead atoms. The molecule has 0 aliphatic heterocycles. The first kappa shape index (κ1) is 12.1. The summed E-state index contributed by atoms with van der Waals surface area (Å²) in [5.74, 6) is 1.84. The summed E-state index contributed by atoms with van der Waals surface area (Å²) in [4.78, 5) is 4.32. The van der Waals surface area contributed by atoms with Gasteiger partial charge in [-0.05, 0) is 36.6 Å². The van der Waals surface area contributed by atoms with Crippen LogP contribution in [0.5, 0.6) is 0 Å². The summed E-state index contributed by atoms with van der Waals surface area (Å²) in [6.45, 7) is 7.36. The summed E-state index contributed by atoms with van der Waals surface area (Å²) in [7, 11) is 1.99. The summed E-state index contributed by atoms with van der Waals surface area (Å²) in [6, 6.07) is 6.33. The Morgan fingerprint density at radius 1 is 1.35 bits per heavy atom. The molecule has 2 rings (SSSR count). The van der Waals surface area contributed by atoms with Gasteiger partial charge in [0.2, 0.25) is 0 Å². The molecule has 0 saturated heterocycles. The lowest BCUT2D eigenvalue weighted by atomic mass is 9.88. The molecular weight excluding hydrogens is 212 g/mol. The van der Waals surface area contributed by atoms with Gasteiger partial charge in [-0.3, -0.25) is 0 Å². The van der Waals surface area contributed by atoms with Crippen molar-refractivity contribution in [3.63, 3.8) is 0 Å². The van der Waals surface area contributed by atoms with Crippen LogP contribution in [0.1, 0.15) is 31.2 Å². The van der Waals surface area contributed by atoms with E-state index < -0.39 is 0 Å². The van der Waals surface area contributed by atoms with Crippen LogP contribution in [0.3, 0.4) is 0 Å². The maximum atomic E-state index is 5.59. The van der Waals surface area contributed by atoms with E-state index in [1.165, 1.54) is 5.56 Å². The van der Waals surface area contributed by atoms with E-state index >= 15 is 0 Å². The first-order chi connectivity index (χ1) is 8.11. The number of oxazole rings is 1. The predicted molar refractivity (Wildman–Crippen MR) is 70.3 cm³/mol. The lowest BCUT2D eigenvalue weighted by molar-refractivity contribution is 0.477. The number of nitrogens with zero attached hydrogens (tertiary/aromatic N) is 1. The Morgan fingerprint density at radius 3 is 2.76 bits per heavy atom. The molecule has 0 aliphatic carbocycles. The van der Waals surface area contributed by atoms with Gasteiger partial charge in [0.25, 0.3) is 0 Å². The van der Waals surface area contributed by atoms with Crippen molar-refractivity contribution in [2.75, 3.05) is 13.6 Å². The Kier molecular flexibility index (Phi) is 3.48. The van der Waals surface area contributed by atoms with E-state index in [1.54, 1.807) is 0 Å². The molecule has 0 aliphatic rings. The van der Waals surface area contributed by atoms with E-state index in [4.69, 9.17) is 4.42 Å². The highest BCUT2D eigenvalue weighted by atomic mass is 16.3. The van der Waals surface area contributed by atoms with Crippen molar-refractivity contribution < 1.29 is 4.42 Å². The maximum absolute atomic E-state index is 5.59. The second-order valence-corrected chi connectivity index (χ2v) is 4.87. The van der Waals surface area contributed by atoms with E-state index in [9.17, 15) is 0 Å². The third-order valence-electron chi connectivity index (χ3n) is 3.18. The van der Waals surface area contributed by atoms with Gasteiger partial charge >= 0.3 is 0 Å². The van der Waals surface area contributed by atoms with Gasteiger partial charge in [0.15, 0.2) is 11.5 Å². The highest BCUT2D eigenvalue weighted by molar-refractivity contribution is 5.73. The van der Waals surface area contributed by atoms with Crippen LogP contribution in [-0.4, -0.2) is 18.6 Å². The highest BCUT2D eigenvalue weighted by Gasteiger charge is 2.16. The third-order valence-corrected chi connectivity index (χ3v) is 3.18. The topological polar surface area (TPSA) is 38.1 Å². The number of benzene rings is 1. The number of rotatable bonds is 4. The fraction of sp³-hybridized carbons (Fsp3) is 0.500. The van der Waals surface area contributed by atoms with Crippen molar-refractivity contribution in [2.45, 2.75) is 26.7 Å². The molecule has 0 spiro atoms. The maximum Gasteiger partial charge on any atom is 0.192 e. The second kappa shape index (κ2) is 4.88. The van der Waals surface area contributed by atoms with Gasteiger partial charge in [0.05, 0.1) is 0 Å². The van der Waals surface area contributed by atoms with Gasteiger partial charge < -0.3 is 9.73 Å². The molecule has 17 heavy (non-hydrogen) atoms. The summed E-state index contributed by atoms with van der Waals surface area (Å²) >= 11 is 0. The molecule has 92 valence electrons. The van der Waals surface area contributed by atoms with Crippen molar-refractivity contribution >= 4 is 11.1 Å². The molecule has 1 atom stereocenters. The Hall–Kier alpha value is -1.35. The van der Waals surface area contributed by atoms with E-state index in [2.05, 4.69) is 36.3 Å². The average Bonchev–Trinajstić information content (AvgIpc) is 2.64. The first-order valence-electron chi connectivity index (χ1n) is 6.13. The minimum atomic E-state index is 0.509. The number of fused-ring (bicyclic) bond motifs is 1. The molecule has 3 heteroatoms. The SMILES string of the molecule is CNCC(c1ccc2nc(C)oc2c1)C(C)C. The van der Waals surface area contributed by atoms with E-state index in [-0.39, 0.29) is 0 Å². The molecule has 0 fully saturated rings. The van der Waals surface area contributed by atoms with Crippen LogP contribution in [0.15, 0.2) is 22.6 Å². The molecule has 1 heterocycles. The Morgan fingerprint density at radius 2 is 2.12 bits per heavy atom. The zero-order valence-corrected chi connectivity index (χ0v) is 10.9. The van der Waals surface area contributed by atoms with Gasteiger partial charge in [-0.2, -0.15) is 0 Å². The van der Waals surface area contributed by atoms with Crippen LogP contribution in [0.25, 0.3) is 11.1 Å². The fourth-order valence-electron chi connectivity index (χ4n) is 2.25. The molecule has 0 radical (unpaired) electrons. The quantitative estimate of drug-likeness (QED) is 0.880. The van der Waals surface area contributed by atoms with Crippen LogP contribution in [0.4, 0.5) is 0 Å². The molecule has 3 nitrogen and oxygen atoms in total. The molecule has 2 aromatic rings. The van der Waals surface area contributed by atoms with Gasteiger partial charge in [-0.25, -0.2) is 4.98 Å². The van der Waals surface area contributed by atoms with Crippen molar-refractivity contribution in [1.82, 2.24) is 10.3 Å². The van der Waals surface area contributed by atoms with Gasteiger partial charge in [0.1, 0.15) is 5.52 Å². The molecule has 1 unspecified atom stereocenters. The van der Waals surface area contributed by atoms with E-state index in [0.29, 0.717) is 11.8 Å². The van der Waals surface area contributed by atoms with Crippen molar-refractivity contribution in [1.29, 1.82) is 0 Å². The number of hydrogen-bond acceptors (Lipinski definition) is 3. The summed E-state index contributed by atoms with van der Waals surface area (Å²) in [5.41, 5.74) is 3.15. The van der Waals surface area contributed by atoms with Gasteiger partial charge in [-0.1, -0.05) is 19.9 Å². The second-order valence-electron chi connectivity index (χ2n) is 4.87. The highest BCUT2D eigenvalue weighted by Crippen LogP contribution is 2.27. The minimum Gasteiger partial charge on any atom is -0.441 e. The van der Waals surface area contributed by atoms with Crippen LogP contribution >= 0.6 is 0 Å². The normalized spacial score (nSPS) is 13.5. The molecule has 0 saturated carbocycles. The lowest BCUT2D eigenvalue weighted by Crippen LogP contribution is -2.21. The van der Waals surface area contributed by atoms with E-state index in [0.717, 1.165) is 23.5 Å². The van der Waals surface area contributed by atoms with Gasteiger partial charge in [-0.15, -0.1) is 0 Å². The molecule has 1 aromatic carbocycles. The summed E-state index contributed by atoms with van der Waals surface area (Å²) in [6.07, 6.45) is 0.